The maximum Gasteiger partial charge on any atom is 0.176 e. The molecule has 92 valence electrons. The Kier molecular flexibility index (Phi) is 2.84. The Bertz CT molecular complexity index is 670. The number of fused-ring (bicyclic) bond motifs is 1. The van der Waals surface area contributed by atoms with Gasteiger partial charge in [0.25, 0.3) is 0 Å². The lowest BCUT2D eigenvalue weighted by atomic mass is 10.1. The van der Waals surface area contributed by atoms with Crippen molar-refractivity contribution in [2.45, 2.75) is 6.42 Å². The monoisotopic (exact) mass is 260 g/mol. The molecule has 0 aliphatic carbocycles. The minimum Gasteiger partial charge on any atom is -0.461 e. The lowest BCUT2D eigenvalue weighted by molar-refractivity contribution is 0.574. The number of benzene rings is 1. The molecule has 0 radical (unpaired) electrons. The molecule has 0 aliphatic rings. The van der Waals surface area contributed by atoms with Gasteiger partial charge in [0.1, 0.15) is 0 Å². The van der Waals surface area contributed by atoms with Crippen molar-refractivity contribution in [3.05, 3.63) is 42.2 Å². The number of halogens is 1. The molecule has 0 atom stereocenters. The summed E-state index contributed by atoms with van der Waals surface area (Å²) < 4.78 is 7.45. The zero-order valence-electron chi connectivity index (χ0n) is 10.1. The van der Waals surface area contributed by atoms with Gasteiger partial charge in [0.2, 0.25) is 0 Å². The SMILES string of the molecule is Cn1c(-c2ccco2)nc2ccc(CCCl)cc21. The first kappa shape index (κ1) is 11.4. The maximum absolute atomic E-state index is 5.78. The number of alkyl halides is 1. The van der Waals surface area contributed by atoms with Crippen molar-refractivity contribution in [3.8, 4) is 11.6 Å². The van der Waals surface area contributed by atoms with Gasteiger partial charge < -0.3 is 8.98 Å². The highest BCUT2D eigenvalue weighted by Crippen LogP contribution is 2.24. The summed E-state index contributed by atoms with van der Waals surface area (Å²) in [7, 11) is 2.00. The van der Waals surface area contributed by atoms with Crippen LogP contribution in [-0.4, -0.2) is 15.4 Å². The second kappa shape index (κ2) is 4.50. The predicted octanol–water partition coefficient (Wildman–Crippen LogP) is 3.61. The molecular formula is C14H13ClN2O. The van der Waals surface area contributed by atoms with Crippen LogP contribution in [0, 0.1) is 0 Å². The summed E-state index contributed by atoms with van der Waals surface area (Å²) >= 11 is 5.78. The smallest absolute Gasteiger partial charge is 0.176 e. The first-order chi connectivity index (χ1) is 8.79. The van der Waals surface area contributed by atoms with E-state index in [1.807, 2.05) is 29.8 Å². The summed E-state index contributed by atoms with van der Waals surface area (Å²) in [6, 6.07) is 10.0. The van der Waals surface area contributed by atoms with E-state index < -0.39 is 0 Å². The molecule has 0 amide bonds. The van der Waals surface area contributed by atoms with Crippen molar-refractivity contribution in [3.63, 3.8) is 0 Å². The quantitative estimate of drug-likeness (QED) is 0.674. The lowest BCUT2D eigenvalue weighted by Crippen LogP contribution is -1.92. The predicted molar refractivity (Wildman–Crippen MR) is 72.8 cm³/mol. The van der Waals surface area contributed by atoms with Gasteiger partial charge in [0, 0.05) is 12.9 Å². The van der Waals surface area contributed by atoms with E-state index in [9.17, 15) is 0 Å². The molecule has 3 rings (SSSR count). The zero-order valence-corrected chi connectivity index (χ0v) is 10.8. The molecular weight excluding hydrogens is 248 g/mol. The highest BCUT2D eigenvalue weighted by molar-refractivity contribution is 6.18. The van der Waals surface area contributed by atoms with E-state index in [2.05, 4.69) is 17.1 Å². The molecule has 2 heterocycles. The van der Waals surface area contributed by atoms with Crippen LogP contribution in [-0.2, 0) is 13.5 Å². The fraction of sp³-hybridized carbons (Fsp3) is 0.214. The van der Waals surface area contributed by atoms with Crippen LogP contribution in [0.2, 0.25) is 0 Å². The number of imidazole rings is 1. The van der Waals surface area contributed by atoms with E-state index in [0.717, 1.165) is 29.0 Å². The van der Waals surface area contributed by atoms with Gasteiger partial charge >= 0.3 is 0 Å². The summed E-state index contributed by atoms with van der Waals surface area (Å²) in [6.45, 7) is 0. The normalized spacial score (nSPS) is 11.2. The Hall–Kier alpha value is -1.74. The minimum atomic E-state index is 0.633. The van der Waals surface area contributed by atoms with E-state index in [-0.39, 0.29) is 0 Å². The molecule has 18 heavy (non-hydrogen) atoms. The Morgan fingerprint density at radius 3 is 2.94 bits per heavy atom. The average molecular weight is 261 g/mol. The molecule has 2 aromatic heterocycles. The zero-order chi connectivity index (χ0) is 12.5. The van der Waals surface area contributed by atoms with Gasteiger partial charge in [0.05, 0.1) is 17.3 Å². The molecule has 1 aromatic carbocycles. The van der Waals surface area contributed by atoms with Crippen molar-refractivity contribution in [1.29, 1.82) is 0 Å². The van der Waals surface area contributed by atoms with Crippen LogP contribution in [0.3, 0.4) is 0 Å². The van der Waals surface area contributed by atoms with Crippen LogP contribution in [0.1, 0.15) is 5.56 Å². The van der Waals surface area contributed by atoms with Crippen LogP contribution >= 0.6 is 11.6 Å². The minimum absolute atomic E-state index is 0.633. The molecule has 0 fully saturated rings. The molecule has 0 unspecified atom stereocenters. The lowest BCUT2D eigenvalue weighted by Gasteiger charge is -2.01. The number of furan rings is 1. The van der Waals surface area contributed by atoms with Gasteiger partial charge in [-0.25, -0.2) is 4.98 Å². The second-order valence-electron chi connectivity index (χ2n) is 4.23. The van der Waals surface area contributed by atoms with Crippen LogP contribution < -0.4 is 0 Å². The number of nitrogens with zero attached hydrogens (tertiary/aromatic N) is 2. The number of hydrogen-bond acceptors (Lipinski definition) is 2. The van der Waals surface area contributed by atoms with Crippen LogP contribution in [0.4, 0.5) is 0 Å². The standard InChI is InChI=1S/C14H13ClN2O/c1-17-12-9-10(6-7-15)4-5-11(12)16-14(17)13-3-2-8-18-13/h2-5,8-9H,6-7H2,1H3. The topological polar surface area (TPSA) is 31.0 Å². The van der Waals surface area contributed by atoms with Gasteiger partial charge in [-0.1, -0.05) is 6.07 Å². The third-order valence-electron chi connectivity index (χ3n) is 3.07. The third kappa shape index (κ3) is 1.81. The third-order valence-corrected chi connectivity index (χ3v) is 3.26. The van der Waals surface area contributed by atoms with E-state index in [4.69, 9.17) is 16.0 Å². The maximum atomic E-state index is 5.78. The Morgan fingerprint density at radius 2 is 2.22 bits per heavy atom. The van der Waals surface area contributed by atoms with Crippen molar-refractivity contribution >= 4 is 22.6 Å². The molecule has 0 bridgehead atoms. The molecule has 3 aromatic rings. The highest BCUT2D eigenvalue weighted by Gasteiger charge is 2.11. The molecule has 0 saturated carbocycles. The summed E-state index contributed by atoms with van der Waals surface area (Å²) in [5, 5.41) is 0. The van der Waals surface area contributed by atoms with Crippen molar-refractivity contribution in [1.82, 2.24) is 9.55 Å². The largest absolute Gasteiger partial charge is 0.461 e. The number of aromatic nitrogens is 2. The van der Waals surface area contributed by atoms with Crippen LogP contribution in [0.5, 0.6) is 0 Å². The molecule has 0 aliphatic heterocycles. The van der Waals surface area contributed by atoms with Crippen molar-refractivity contribution in [2.24, 2.45) is 7.05 Å². The Labute approximate surface area is 110 Å². The first-order valence-corrected chi connectivity index (χ1v) is 6.38. The molecule has 0 N–H and O–H groups in total. The van der Waals surface area contributed by atoms with E-state index >= 15 is 0 Å². The highest BCUT2D eigenvalue weighted by atomic mass is 35.5. The van der Waals surface area contributed by atoms with Gasteiger partial charge in [-0.2, -0.15) is 0 Å². The van der Waals surface area contributed by atoms with Crippen molar-refractivity contribution < 1.29 is 4.42 Å². The fourth-order valence-corrected chi connectivity index (χ4v) is 2.34. The summed E-state index contributed by atoms with van der Waals surface area (Å²) in [5.41, 5.74) is 3.30. The van der Waals surface area contributed by atoms with E-state index in [1.165, 1.54) is 5.56 Å². The van der Waals surface area contributed by atoms with Crippen LogP contribution in [0.15, 0.2) is 41.0 Å². The van der Waals surface area contributed by atoms with Crippen LogP contribution in [0.25, 0.3) is 22.6 Å². The van der Waals surface area contributed by atoms with Gasteiger partial charge in [0.15, 0.2) is 11.6 Å². The molecule has 0 spiro atoms. The number of aryl methyl sites for hydroxylation is 2. The Balaban J connectivity index is 2.16. The van der Waals surface area contributed by atoms with Gasteiger partial charge in [-0.05, 0) is 36.2 Å². The van der Waals surface area contributed by atoms with Gasteiger partial charge in [-0.3, -0.25) is 0 Å². The van der Waals surface area contributed by atoms with E-state index in [1.54, 1.807) is 6.26 Å². The first-order valence-electron chi connectivity index (χ1n) is 5.85. The summed E-state index contributed by atoms with van der Waals surface area (Å²) in [6.07, 6.45) is 2.53. The summed E-state index contributed by atoms with van der Waals surface area (Å²) in [4.78, 5) is 4.59. The van der Waals surface area contributed by atoms with Gasteiger partial charge in [-0.15, -0.1) is 11.6 Å². The molecule has 4 heteroatoms. The number of hydrogen-bond donors (Lipinski definition) is 0. The van der Waals surface area contributed by atoms with E-state index in [0.29, 0.717) is 5.88 Å². The fourth-order valence-electron chi connectivity index (χ4n) is 2.13. The Morgan fingerprint density at radius 1 is 1.33 bits per heavy atom. The van der Waals surface area contributed by atoms with Crippen molar-refractivity contribution in [2.75, 3.05) is 5.88 Å². The molecule has 3 nitrogen and oxygen atoms in total. The average Bonchev–Trinajstić information content (AvgIpc) is 2.99. The molecule has 0 saturated heterocycles. The number of rotatable bonds is 3. The second-order valence-corrected chi connectivity index (χ2v) is 4.61. The summed E-state index contributed by atoms with van der Waals surface area (Å²) in [5.74, 6) is 2.26.